The number of carbonyl (C=O) groups excluding carboxylic acids is 2. The first-order valence-corrected chi connectivity index (χ1v) is 30.1. The van der Waals surface area contributed by atoms with Crippen LogP contribution >= 0.6 is 0 Å². The average Bonchev–Trinajstić information content (AvgIpc) is 1.76. The van der Waals surface area contributed by atoms with Crippen molar-refractivity contribution in [2.45, 2.75) is 52.1 Å². The molecule has 2 unspecified atom stereocenters. The molecule has 4 aromatic heterocycles. The third-order valence-corrected chi connectivity index (χ3v) is 17.3. The Kier molecular flexibility index (Phi) is 21.2. The molecule has 7 aromatic rings. The number of amides is 3. The first-order valence-electron chi connectivity index (χ1n) is 30.1. The third kappa shape index (κ3) is 15.6. The number of fused-ring (bicyclic) bond motifs is 2. The van der Waals surface area contributed by atoms with Gasteiger partial charge in [0.1, 0.15) is 5.75 Å². The van der Waals surface area contributed by atoms with E-state index in [-0.39, 0.29) is 36.7 Å². The number of benzene rings is 3. The summed E-state index contributed by atoms with van der Waals surface area (Å²) in [6.45, 7) is 20.6. The molecule has 6 saturated heterocycles. The Balaban J connectivity index is 0.000000158. The molecule has 10 heterocycles. The number of nitriles is 2. The van der Waals surface area contributed by atoms with E-state index in [4.69, 9.17) is 25.2 Å². The molecule has 6 fully saturated rings. The number of anilines is 2. The highest BCUT2D eigenvalue weighted by molar-refractivity contribution is 5.82. The third-order valence-electron chi connectivity index (χ3n) is 17.3. The Morgan fingerprint density at radius 3 is 1.49 bits per heavy atom. The second-order valence-electron chi connectivity index (χ2n) is 22.9. The van der Waals surface area contributed by atoms with Gasteiger partial charge in [0, 0.05) is 140 Å². The number of halogens is 3. The van der Waals surface area contributed by atoms with E-state index in [0.29, 0.717) is 51.1 Å². The number of carboxylic acid groups (broad SMARTS) is 1. The van der Waals surface area contributed by atoms with Crippen LogP contribution in [0.4, 0.5) is 39.8 Å². The highest BCUT2D eigenvalue weighted by Crippen LogP contribution is 2.35. The van der Waals surface area contributed by atoms with Gasteiger partial charge in [0.05, 0.1) is 51.3 Å². The second-order valence-corrected chi connectivity index (χ2v) is 22.9. The first-order chi connectivity index (χ1) is 43.0. The van der Waals surface area contributed by atoms with Crippen LogP contribution in [-0.4, -0.2) is 196 Å². The molecule has 90 heavy (non-hydrogen) atoms. The summed E-state index contributed by atoms with van der Waals surface area (Å²) in [5.41, 5.74) is 12.4. The molecule has 0 bridgehead atoms. The van der Waals surface area contributed by atoms with Gasteiger partial charge < -0.3 is 49.5 Å². The molecule has 3 aromatic carbocycles. The lowest BCUT2D eigenvalue weighted by Gasteiger charge is -2.42. The maximum absolute atomic E-state index is 12.7. The maximum Gasteiger partial charge on any atom is 0.490 e. The van der Waals surface area contributed by atoms with E-state index in [1.807, 2.05) is 32.4 Å². The number of alkyl halides is 3. The van der Waals surface area contributed by atoms with Crippen LogP contribution in [0.1, 0.15) is 57.1 Å². The number of likely N-dealkylation sites (tertiary alicyclic amines) is 4. The van der Waals surface area contributed by atoms with Crippen LogP contribution in [0.3, 0.4) is 0 Å². The summed E-state index contributed by atoms with van der Waals surface area (Å²) in [6, 6.07) is 36.6. The predicted octanol–water partition coefficient (Wildman–Crippen LogP) is 9.55. The lowest BCUT2D eigenvalue weighted by Crippen LogP contribution is -2.58. The summed E-state index contributed by atoms with van der Waals surface area (Å²) in [5, 5.41) is 47.6. The lowest BCUT2D eigenvalue weighted by atomic mass is 9.96. The maximum atomic E-state index is 12.7. The van der Waals surface area contributed by atoms with Crippen LogP contribution in [0.25, 0.3) is 33.3 Å². The summed E-state index contributed by atoms with van der Waals surface area (Å²) < 4.78 is 40.7. The minimum Gasteiger partial charge on any atom is -0.475 e. The van der Waals surface area contributed by atoms with E-state index in [9.17, 15) is 32.9 Å². The normalized spacial score (nSPS) is 18.7. The monoisotopic (exact) mass is 1240 g/mol. The molecule has 6 aliphatic rings. The van der Waals surface area contributed by atoms with Gasteiger partial charge in [-0.2, -0.15) is 33.9 Å². The number of likely N-dealkylation sites (N-methyl/N-ethyl adjacent to an activating group) is 2. The number of nitrogens with zero attached hydrogens (tertiary/aromatic N) is 14. The van der Waals surface area contributed by atoms with Crippen LogP contribution in [0.15, 0.2) is 122 Å². The zero-order valence-corrected chi connectivity index (χ0v) is 49.8. The Morgan fingerprint density at radius 2 is 1.08 bits per heavy atom. The molecule has 2 atom stereocenters. The number of urea groups is 1. The minimum atomic E-state index is -5.08. The van der Waals surface area contributed by atoms with Crippen LogP contribution < -0.4 is 19.9 Å². The fourth-order valence-corrected chi connectivity index (χ4v) is 12.0. The molecular formula is C65H76F3N15O7. The number of rotatable bonds is 10. The van der Waals surface area contributed by atoms with E-state index in [0.717, 1.165) is 70.1 Å². The predicted molar refractivity (Wildman–Crippen MR) is 335 cm³/mol. The van der Waals surface area contributed by atoms with Gasteiger partial charge in [-0.1, -0.05) is 69.8 Å². The van der Waals surface area contributed by atoms with Crippen LogP contribution in [0.5, 0.6) is 5.75 Å². The summed E-state index contributed by atoms with van der Waals surface area (Å²) in [7, 11) is 0. The minimum absolute atomic E-state index is 0. The van der Waals surface area contributed by atoms with Crippen molar-refractivity contribution in [3.63, 3.8) is 0 Å². The van der Waals surface area contributed by atoms with Crippen molar-refractivity contribution in [2.75, 3.05) is 128 Å². The van der Waals surface area contributed by atoms with Crippen LogP contribution in [0.2, 0.25) is 0 Å². The van der Waals surface area contributed by atoms with E-state index < -0.39 is 23.2 Å². The Bertz CT molecular complexity index is 3670. The number of piperazine rings is 2. The summed E-state index contributed by atoms with van der Waals surface area (Å²) in [5.74, 6) is -1.33. The number of ether oxygens (including phenoxy) is 1. The van der Waals surface area contributed by atoms with Crippen LogP contribution in [0, 0.1) is 44.6 Å². The van der Waals surface area contributed by atoms with E-state index >= 15 is 0 Å². The molecule has 0 aliphatic carbocycles. The number of nitro benzene ring substituents is 1. The number of nitrogens with one attached hydrogen (secondary N) is 1. The molecule has 474 valence electrons. The van der Waals surface area contributed by atoms with Crippen molar-refractivity contribution in [3.8, 4) is 40.1 Å². The quantitative estimate of drug-likeness (QED) is 0.0957. The van der Waals surface area contributed by atoms with Gasteiger partial charge in [-0.05, 0) is 110 Å². The number of aliphatic carboxylic acids is 1. The molecular weight excluding hydrogens is 1160 g/mol. The van der Waals surface area contributed by atoms with Crippen molar-refractivity contribution in [2.24, 2.45) is 11.8 Å². The van der Waals surface area contributed by atoms with Gasteiger partial charge in [-0.25, -0.2) is 23.4 Å². The molecule has 25 heteroatoms. The summed E-state index contributed by atoms with van der Waals surface area (Å²) >= 11 is 0. The highest BCUT2D eigenvalue weighted by atomic mass is 19.4. The molecule has 22 nitrogen and oxygen atoms in total. The van der Waals surface area contributed by atoms with E-state index in [1.54, 1.807) is 4.90 Å². The summed E-state index contributed by atoms with van der Waals surface area (Å²) in [6.07, 6.45) is 4.93. The molecule has 6 aliphatic heterocycles. The second kappa shape index (κ2) is 29.3. The van der Waals surface area contributed by atoms with Crippen LogP contribution in [-0.2, 0) is 4.79 Å². The largest absolute Gasteiger partial charge is 0.490 e. The standard InChI is InChI=1S/C28H33N7O.C23H29N5.C11H9N3O4.C2HF3O2.CH4/c1-2-31-10-8-24(19-31)22-3-5-23(6-4-22)25-15-27-26(7-9-30-35(27)20-25)32-11-13-33(14-12-32)28(36)34-17-21(16-29)18-34;1-2-26-12-8-20(16-26)18-3-5-19(6-4-18)21-15-23-22(7-9-25-28(23)17-21)27-13-10-24-11-14-27;12-5-8-6-13(7-8)11(15)18-10-3-1-9(2-4-10)14(16)17;3-2(4,5)1(6)7;/h3-7,9,15,20-21,24H,2,8,10-14,17-19H2,1H3;3-7,9,15,17,20,24H,2,8,10-14,16H2,1H3;1-4,8H,6-7H2;(H,6,7);1H4. The molecule has 0 radical (unpaired) electrons. The number of carboxylic acids is 1. The number of nitro groups is 1. The molecule has 0 saturated carbocycles. The van der Waals surface area contributed by atoms with Crippen molar-refractivity contribution in [1.82, 2.24) is 49.0 Å². The molecule has 13 rings (SSSR count). The topological polar surface area (TPSA) is 241 Å². The Hall–Kier alpha value is -9.30. The van der Waals surface area contributed by atoms with Crippen molar-refractivity contribution in [1.29, 1.82) is 10.5 Å². The summed E-state index contributed by atoms with van der Waals surface area (Å²) in [4.78, 5) is 58.0. The van der Waals surface area contributed by atoms with Crippen molar-refractivity contribution < 1.29 is 42.3 Å². The Morgan fingerprint density at radius 1 is 0.633 bits per heavy atom. The zero-order chi connectivity index (χ0) is 62.8. The van der Waals surface area contributed by atoms with E-state index in [1.165, 1.54) is 106 Å². The lowest BCUT2D eigenvalue weighted by molar-refractivity contribution is -0.384. The number of hydrogen-bond donors (Lipinski definition) is 2. The fourth-order valence-electron chi connectivity index (χ4n) is 12.0. The number of non-ortho nitro benzene ring substituents is 1. The van der Waals surface area contributed by atoms with Gasteiger partial charge in [0.15, 0.2) is 0 Å². The highest BCUT2D eigenvalue weighted by Gasteiger charge is 2.39. The zero-order valence-electron chi connectivity index (χ0n) is 49.8. The number of aromatic nitrogens is 4. The first kappa shape index (κ1) is 65.2. The number of carbonyl (C=O) groups is 3. The fraction of sp³-hybridized carbons (Fsp3) is 0.431. The average molecular weight is 1240 g/mol. The van der Waals surface area contributed by atoms with Crippen molar-refractivity contribution in [3.05, 3.63) is 143 Å². The van der Waals surface area contributed by atoms with Gasteiger partial charge in [0.25, 0.3) is 5.69 Å². The van der Waals surface area contributed by atoms with E-state index in [2.05, 4.69) is 140 Å². The van der Waals surface area contributed by atoms with Gasteiger partial charge in [0.2, 0.25) is 0 Å². The Labute approximate surface area is 520 Å². The van der Waals surface area contributed by atoms with Gasteiger partial charge in [-0.3, -0.25) is 10.1 Å². The number of hydrogen-bond acceptors (Lipinski definition) is 15. The van der Waals surface area contributed by atoms with Gasteiger partial charge in [-0.15, -0.1) is 0 Å². The molecule has 3 amide bonds. The molecule has 0 spiro atoms. The smallest absolute Gasteiger partial charge is 0.475 e. The van der Waals surface area contributed by atoms with Crippen molar-refractivity contribution >= 4 is 46.2 Å². The molecule has 2 N–H and O–H groups in total. The SMILES string of the molecule is C.CCN1CCC(c2ccc(-c3cc4c(N5CCN(C(=O)N6CC(C#N)C6)CC5)ccnn4c3)cc2)C1.CCN1CCC(c2ccc(-c3cc4c(N5CCNCC5)ccnn4c3)cc2)C1.N#CC1CN(C(=O)Oc2ccc([N+](=O)[O-])cc2)C1.O=C(O)C(F)(F)F. The van der Waals surface area contributed by atoms with Gasteiger partial charge >= 0.3 is 24.3 Å².